The van der Waals surface area contributed by atoms with Crippen molar-refractivity contribution >= 4 is 27.3 Å². The molecule has 0 bridgehead atoms. The molecule has 0 saturated heterocycles. The van der Waals surface area contributed by atoms with Crippen LogP contribution in [0, 0.1) is 5.92 Å². The van der Waals surface area contributed by atoms with E-state index in [0.29, 0.717) is 5.92 Å². The topological polar surface area (TPSA) is 20.2 Å². The van der Waals surface area contributed by atoms with Crippen LogP contribution in [0.2, 0.25) is 0 Å². The van der Waals surface area contributed by atoms with Gasteiger partial charge in [-0.25, -0.2) is 0 Å². The molecule has 0 radical (unpaired) electrons. The maximum atomic E-state index is 9.87. The zero-order valence-corrected chi connectivity index (χ0v) is 8.58. The molecule has 3 heteroatoms. The maximum absolute atomic E-state index is 9.87. The Kier molecular flexibility index (Phi) is 1.63. The molecular formula is C8H9BrOS. The van der Waals surface area contributed by atoms with Gasteiger partial charge in [0.05, 0.1) is 3.79 Å². The van der Waals surface area contributed by atoms with E-state index >= 15 is 0 Å². The maximum Gasteiger partial charge on any atom is 0.102 e. The molecule has 1 aliphatic rings. The highest BCUT2D eigenvalue weighted by Crippen LogP contribution is 2.53. The molecule has 2 unspecified atom stereocenters. The van der Waals surface area contributed by atoms with Gasteiger partial charge in [0.1, 0.15) is 5.60 Å². The van der Waals surface area contributed by atoms with Crippen molar-refractivity contribution in [3.05, 3.63) is 20.8 Å². The number of halogens is 1. The molecule has 0 spiro atoms. The summed E-state index contributed by atoms with van der Waals surface area (Å²) in [5, 5.41) is 9.87. The zero-order chi connectivity index (χ0) is 8.06. The standard InChI is InChI=1S/C8H9BrOS/c1-5-4-8(5,10)6-2-3-7(9)11-6/h2-3,5,10H,4H2,1H3. The van der Waals surface area contributed by atoms with Gasteiger partial charge in [-0.05, 0) is 40.4 Å². The molecule has 1 heterocycles. The van der Waals surface area contributed by atoms with Crippen molar-refractivity contribution in [1.82, 2.24) is 0 Å². The van der Waals surface area contributed by atoms with Gasteiger partial charge in [-0.15, -0.1) is 11.3 Å². The van der Waals surface area contributed by atoms with Crippen LogP contribution in [0.25, 0.3) is 0 Å². The summed E-state index contributed by atoms with van der Waals surface area (Å²) < 4.78 is 1.10. The van der Waals surface area contributed by atoms with Crippen LogP contribution in [-0.2, 0) is 5.60 Å². The third-order valence-corrected chi connectivity index (χ3v) is 4.06. The van der Waals surface area contributed by atoms with E-state index in [2.05, 4.69) is 22.9 Å². The first-order valence-electron chi connectivity index (χ1n) is 3.61. The summed E-state index contributed by atoms with van der Waals surface area (Å²) in [7, 11) is 0. The van der Waals surface area contributed by atoms with Gasteiger partial charge in [0.2, 0.25) is 0 Å². The van der Waals surface area contributed by atoms with Crippen LogP contribution in [0.4, 0.5) is 0 Å². The monoisotopic (exact) mass is 232 g/mol. The minimum atomic E-state index is -0.489. The number of hydrogen-bond donors (Lipinski definition) is 1. The molecule has 60 valence electrons. The summed E-state index contributed by atoms with van der Waals surface area (Å²) in [6.45, 7) is 2.08. The number of rotatable bonds is 1. The normalized spacial score (nSPS) is 35.7. The van der Waals surface area contributed by atoms with Gasteiger partial charge in [0.25, 0.3) is 0 Å². The highest BCUT2D eigenvalue weighted by atomic mass is 79.9. The highest BCUT2D eigenvalue weighted by Gasteiger charge is 2.51. The number of hydrogen-bond acceptors (Lipinski definition) is 2. The van der Waals surface area contributed by atoms with Crippen LogP contribution in [0.15, 0.2) is 15.9 Å². The van der Waals surface area contributed by atoms with Gasteiger partial charge in [-0.2, -0.15) is 0 Å². The van der Waals surface area contributed by atoms with Crippen molar-refractivity contribution in [3.8, 4) is 0 Å². The van der Waals surface area contributed by atoms with E-state index in [1.54, 1.807) is 11.3 Å². The molecule has 0 aromatic carbocycles. The Balaban J connectivity index is 2.31. The second-order valence-corrected chi connectivity index (χ2v) is 5.60. The molecule has 1 aliphatic carbocycles. The van der Waals surface area contributed by atoms with E-state index in [-0.39, 0.29) is 0 Å². The van der Waals surface area contributed by atoms with Crippen molar-refractivity contribution < 1.29 is 5.11 Å². The fourth-order valence-corrected chi connectivity index (χ4v) is 2.90. The van der Waals surface area contributed by atoms with Crippen LogP contribution in [0.3, 0.4) is 0 Å². The Morgan fingerprint density at radius 1 is 1.73 bits per heavy atom. The van der Waals surface area contributed by atoms with Crippen molar-refractivity contribution in [3.63, 3.8) is 0 Å². The summed E-state index contributed by atoms with van der Waals surface area (Å²) in [6.07, 6.45) is 0.917. The molecule has 1 saturated carbocycles. The van der Waals surface area contributed by atoms with Gasteiger partial charge >= 0.3 is 0 Å². The molecular weight excluding hydrogens is 224 g/mol. The molecule has 1 aromatic rings. The van der Waals surface area contributed by atoms with E-state index in [1.807, 2.05) is 12.1 Å². The summed E-state index contributed by atoms with van der Waals surface area (Å²) in [6, 6.07) is 3.99. The number of thiophene rings is 1. The lowest BCUT2D eigenvalue weighted by Gasteiger charge is -2.03. The molecule has 2 atom stereocenters. The molecule has 1 N–H and O–H groups in total. The van der Waals surface area contributed by atoms with Crippen molar-refractivity contribution in [2.75, 3.05) is 0 Å². The smallest absolute Gasteiger partial charge is 0.102 e. The summed E-state index contributed by atoms with van der Waals surface area (Å²) >= 11 is 5.01. The van der Waals surface area contributed by atoms with Crippen molar-refractivity contribution in [2.45, 2.75) is 18.9 Å². The average molecular weight is 233 g/mol. The molecule has 1 aromatic heterocycles. The molecule has 2 rings (SSSR count). The summed E-state index contributed by atoms with van der Waals surface area (Å²) in [4.78, 5) is 1.09. The first kappa shape index (κ1) is 7.77. The van der Waals surface area contributed by atoms with Crippen molar-refractivity contribution in [2.24, 2.45) is 5.92 Å². The lowest BCUT2D eigenvalue weighted by Crippen LogP contribution is -2.03. The van der Waals surface area contributed by atoms with E-state index in [9.17, 15) is 5.11 Å². The second kappa shape index (κ2) is 2.31. The van der Waals surface area contributed by atoms with Crippen LogP contribution in [0.1, 0.15) is 18.2 Å². The Morgan fingerprint density at radius 2 is 2.36 bits per heavy atom. The minimum absolute atomic E-state index is 0.438. The third-order valence-electron chi connectivity index (χ3n) is 2.27. The van der Waals surface area contributed by atoms with Gasteiger partial charge in [0, 0.05) is 4.88 Å². The molecule has 0 amide bonds. The summed E-state index contributed by atoms with van der Waals surface area (Å²) in [5.41, 5.74) is -0.489. The lowest BCUT2D eigenvalue weighted by molar-refractivity contribution is 0.138. The number of aliphatic hydroxyl groups is 1. The molecule has 0 aliphatic heterocycles. The molecule has 11 heavy (non-hydrogen) atoms. The SMILES string of the molecule is CC1CC1(O)c1ccc(Br)s1. The quantitative estimate of drug-likeness (QED) is 0.790. The predicted octanol–water partition coefficient (Wildman–Crippen LogP) is 2.74. The first-order valence-corrected chi connectivity index (χ1v) is 5.22. The van der Waals surface area contributed by atoms with Crippen molar-refractivity contribution in [1.29, 1.82) is 0 Å². The van der Waals surface area contributed by atoms with E-state index in [0.717, 1.165) is 15.1 Å². The van der Waals surface area contributed by atoms with Crippen LogP contribution in [0.5, 0.6) is 0 Å². The Bertz CT molecular complexity index is 283. The average Bonchev–Trinajstić information content (AvgIpc) is 2.44. The lowest BCUT2D eigenvalue weighted by atomic mass is 10.2. The van der Waals surface area contributed by atoms with Gasteiger partial charge < -0.3 is 5.11 Å². The Labute approximate surface area is 78.2 Å². The minimum Gasteiger partial charge on any atom is -0.384 e. The van der Waals surface area contributed by atoms with E-state index < -0.39 is 5.60 Å². The van der Waals surface area contributed by atoms with E-state index in [1.165, 1.54) is 0 Å². The van der Waals surface area contributed by atoms with Gasteiger partial charge in [-0.1, -0.05) is 6.92 Å². The fourth-order valence-electron chi connectivity index (χ4n) is 1.30. The zero-order valence-electron chi connectivity index (χ0n) is 6.17. The highest BCUT2D eigenvalue weighted by molar-refractivity contribution is 9.11. The largest absolute Gasteiger partial charge is 0.384 e. The molecule has 1 nitrogen and oxygen atoms in total. The molecule has 1 fully saturated rings. The fraction of sp³-hybridized carbons (Fsp3) is 0.500. The summed E-state index contributed by atoms with van der Waals surface area (Å²) in [5.74, 6) is 0.438. The van der Waals surface area contributed by atoms with Crippen LogP contribution < -0.4 is 0 Å². The Hall–Kier alpha value is 0.140. The van der Waals surface area contributed by atoms with Crippen LogP contribution >= 0.6 is 27.3 Å². The Morgan fingerprint density at radius 3 is 2.73 bits per heavy atom. The first-order chi connectivity index (χ1) is 5.13. The van der Waals surface area contributed by atoms with Crippen LogP contribution in [-0.4, -0.2) is 5.11 Å². The second-order valence-electron chi connectivity index (χ2n) is 3.13. The predicted molar refractivity (Wildman–Crippen MR) is 49.7 cm³/mol. The van der Waals surface area contributed by atoms with Gasteiger partial charge in [0.15, 0.2) is 0 Å². The van der Waals surface area contributed by atoms with Gasteiger partial charge in [-0.3, -0.25) is 0 Å². The van der Waals surface area contributed by atoms with E-state index in [4.69, 9.17) is 0 Å². The third kappa shape index (κ3) is 1.15.